The molecule has 4 rings (SSSR count). The Balaban J connectivity index is 1.72. The Morgan fingerprint density at radius 3 is 2.32 bits per heavy atom. The second-order valence-corrected chi connectivity index (χ2v) is 10.7. The van der Waals surface area contributed by atoms with Gasteiger partial charge >= 0.3 is 0 Å². The van der Waals surface area contributed by atoms with Gasteiger partial charge in [0.25, 0.3) is 5.91 Å². The standard InChI is InChI=1S/C31H34FN5O4/c1-19(2)15-26(36-28(39)22-9-6-14-34-17-22)30(41)37-31(33,27(38)21-10-12-23(32)13-11-21)25(24-18-35-29(24)40)16-20-7-4-3-5-8-20/h3-14,17,19,24-26H,15-16,18,33H2,1-2H3,(H,35,40)(H,36,39)(H,37,41). The number of pyridine rings is 1. The Morgan fingerprint density at radius 2 is 1.76 bits per heavy atom. The van der Waals surface area contributed by atoms with E-state index in [9.17, 15) is 23.6 Å². The zero-order valence-corrected chi connectivity index (χ0v) is 23.0. The van der Waals surface area contributed by atoms with Gasteiger partial charge in [-0.25, -0.2) is 4.39 Å². The predicted octanol–water partition coefficient (Wildman–Crippen LogP) is 2.62. The van der Waals surface area contributed by atoms with Crippen LogP contribution in [0.2, 0.25) is 0 Å². The van der Waals surface area contributed by atoms with Crippen molar-refractivity contribution in [1.29, 1.82) is 0 Å². The Kier molecular flexibility index (Phi) is 9.24. The average Bonchev–Trinajstić information content (AvgIpc) is 2.96. The number of benzene rings is 2. The maximum atomic E-state index is 14.1. The first-order valence-corrected chi connectivity index (χ1v) is 13.5. The Labute approximate surface area is 238 Å². The van der Waals surface area contributed by atoms with Gasteiger partial charge < -0.3 is 21.7 Å². The lowest BCUT2D eigenvalue weighted by molar-refractivity contribution is -0.136. The van der Waals surface area contributed by atoms with Gasteiger partial charge in [-0.2, -0.15) is 0 Å². The van der Waals surface area contributed by atoms with Crippen molar-refractivity contribution in [2.24, 2.45) is 23.5 Å². The van der Waals surface area contributed by atoms with Gasteiger partial charge in [0.1, 0.15) is 11.9 Å². The average molecular weight is 560 g/mol. The van der Waals surface area contributed by atoms with E-state index < -0.39 is 47.0 Å². The first-order chi connectivity index (χ1) is 19.6. The number of nitrogens with zero attached hydrogens (tertiary/aromatic N) is 1. The summed E-state index contributed by atoms with van der Waals surface area (Å²) in [7, 11) is 0. The monoisotopic (exact) mass is 559 g/mol. The zero-order chi connectivity index (χ0) is 29.6. The van der Waals surface area contributed by atoms with Crippen molar-refractivity contribution >= 4 is 23.5 Å². The van der Waals surface area contributed by atoms with Crippen LogP contribution in [0.15, 0.2) is 79.1 Å². The normalized spacial score (nSPS) is 17.4. The molecule has 1 aromatic heterocycles. The maximum Gasteiger partial charge on any atom is 0.253 e. The number of nitrogens with two attached hydrogens (primary N) is 1. The number of β-lactam (4-membered cyclic amide) rings is 1. The molecule has 4 unspecified atom stereocenters. The number of hydrogen-bond donors (Lipinski definition) is 4. The molecule has 0 spiro atoms. The fraction of sp³-hybridized carbons (Fsp3) is 0.323. The summed E-state index contributed by atoms with van der Waals surface area (Å²) in [5.41, 5.74) is 6.00. The number of aromatic nitrogens is 1. The summed E-state index contributed by atoms with van der Waals surface area (Å²) < 4.78 is 13.7. The molecule has 1 aliphatic heterocycles. The van der Waals surface area contributed by atoms with Crippen LogP contribution < -0.4 is 21.7 Å². The molecule has 214 valence electrons. The number of rotatable bonds is 12. The minimum atomic E-state index is -2.07. The van der Waals surface area contributed by atoms with Crippen LogP contribution in [0.3, 0.4) is 0 Å². The third-order valence-corrected chi connectivity index (χ3v) is 7.27. The number of ketones is 1. The van der Waals surface area contributed by atoms with E-state index in [1.807, 2.05) is 44.2 Å². The van der Waals surface area contributed by atoms with Gasteiger partial charge in [-0.05, 0) is 60.7 Å². The van der Waals surface area contributed by atoms with Crippen LogP contribution >= 0.6 is 0 Å². The molecule has 1 saturated heterocycles. The van der Waals surface area contributed by atoms with Gasteiger partial charge in [0.2, 0.25) is 17.6 Å². The summed E-state index contributed by atoms with van der Waals surface area (Å²) in [5.74, 6) is -4.21. The van der Waals surface area contributed by atoms with Gasteiger partial charge in [0.05, 0.1) is 11.5 Å². The summed E-state index contributed by atoms with van der Waals surface area (Å²) in [4.78, 5) is 57.6. The molecule has 5 N–H and O–H groups in total. The highest BCUT2D eigenvalue weighted by Gasteiger charge is 2.52. The summed E-state index contributed by atoms with van der Waals surface area (Å²) in [5, 5.41) is 8.18. The molecule has 41 heavy (non-hydrogen) atoms. The highest BCUT2D eigenvalue weighted by Crippen LogP contribution is 2.32. The van der Waals surface area contributed by atoms with Crippen molar-refractivity contribution < 1.29 is 23.6 Å². The Morgan fingerprint density at radius 1 is 1.05 bits per heavy atom. The van der Waals surface area contributed by atoms with E-state index in [-0.39, 0.29) is 42.3 Å². The summed E-state index contributed by atoms with van der Waals surface area (Å²) in [6.07, 6.45) is 3.38. The lowest BCUT2D eigenvalue weighted by atomic mass is 9.71. The van der Waals surface area contributed by atoms with Crippen molar-refractivity contribution in [3.63, 3.8) is 0 Å². The van der Waals surface area contributed by atoms with Gasteiger partial charge in [0, 0.05) is 30.4 Å². The summed E-state index contributed by atoms with van der Waals surface area (Å²) >= 11 is 0. The molecule has 10 heteroatoms. The molecule has 3 aromatic rings. The van der Waals surface area contributed by atoms with Crippen molar-refractivity contribution in [3.05, 3.63) is 102 Å². The lowest BCUT2D eigenvalue weighted by Gasteiger charge is -2.44. The second-order valence-electron chi connectivity index (χ2n) is 10.7. The van der Waals surface area contributed by atoms with E-state index in [1.165, 1.54) is 24.5 Å². The first-order valence-electron chi connectivity index (χ1n) is 13.5. The molecule has 1 aliphatic rings. The molecule has 0 saturated carbocycles. The molecular formula is C31H34FN5O4. The number of carbonyl (C=O) groups excluding carboxylic acids is 4. The van der Waals surface area contributed by atoms with Gasteiger partial charge in [0.15, 0.2) is 5.66 Å². The summed E-state index contributed by atoms with van der Waals surface area (Å²) in [6, 6.07) is 16.2. The van der Waals surface area contributed by atoms with E-state index in [0.717, 1.165) is 17.7 Å². The minimum absolute atomic E-state index is 0.00236. The van der Waals surface area contributed by atoms with Gasteiger partial charge in [-0.3, -0.25) is 24.2 Å². The topological polar surface area (TPSA) is 143 Å². The highest BCUT2D eigenvalue weighted by atomic mass is 19.1. The highest BCUT2D eigenvalue weighted by molar-refractivity contribution is 6.06. The molecule has 2 heterocycles. The van der Waals surface area contributed by atoms with Gasteiger partial charge in [-0.1, -0.05) is 44.2 Å². The first kappa shape index (κ1) is 29.5. The van der Waals surface area contributed by atoms with Crippen molar-refractivity contribution in [3.8, 4) is 0 Å². The largest absolute Gasteiger partial charge is 0.355 e. The number of halogens is 1. The smallest absolute Gasteiger partial charge is 0.253 e. The molecule has 0 aliphatic carbocycles. The SMILES string of the molecule is CC(C)CC(NC(=O)c1cccnc1)C(=O)NC(N)(C(=O)c1ccc(F)cc1)C(Cc1ccccc1)C1CNC1=O. The third kappa shape index (κ3) is 7.01. The molecule has 9 nitrogen and oxygen atoms in total. The molecule has 0 bridgehead atoms. The Bertz CT molecular complexity index is 1380. The van der Waals surface area contributed by atoms with Crippen molar-refractivity contribution in [2.75, 3.05) is 6.54 Å². The van der Waals surface area contributed by atoms with Crippen LogP contribution in [0, 0.1) is 23.6 Å². The van der Waals surface area contributed by atoms with Crippen LogP contribution in [0.4, 0.5) is 4.39 Å². The van der Waals surface area contributed by atoms with Crippen molar-refractivity contribution in [1.82, 2.24) is 20.9 Å². The van der Waals surface area contributed by atoms with Crippen molar-refractivity contribution in [2.45, 2.75) is 38.4 Å². The summed E-state index contributed by atoms with van der Waals surface area (Å²) in [6.45, 7) is 4.06. The predicted molar refractivity (Wildman–Crippen MR) is 151 cm³/mol. The molecular weight excluding hydrogens is 525 g/mol. The molecule has 1 fully saturated rings. The van der Waals surface area contributed by atoms with E-state index in [4.69, 9.17) is 5.73 Å². The second kappa shape index (κ2) is 12.8. The maximum absolute atomic E-state index is 14.1. The minimum Gasteiger partial charge on any atom is -0.355 e. The number of nitrogens with one attached hydrogen (secondary N) is 3. The van der Waals surface area contributed by atoms with Gasteiger partial charge in [-0.15, -0.1) is 0 Å². The zero-order valence-electron chi connectivity index (χ0n) is 23.0. The fourth-order valence-corrected chi connectivity index (χ4v) is 5.01. The van der Waals surface area contributed by atoms with Crippen LogP contribution in [-0.2, 0) is 16.0 Å². The number of amides is 3. The Hall–Kier alpha value is -4.44. The fourth-order valence-electron chi connectivity index (χ4n) is 5.01. The molecule has 3 amide bonds. The lowest BCUT2D eigenvalue weighted by Crippen LogP contribution is -2.72. The van der Waals surface area contributed by atoms with E-state index in [2.05, 4.69) is 20.9 Å². The van der Waals surface area contributed by atoms with E-state index in [1.54, 1.807) is 12.1 Å². The van der Waals surface area contributed by atoms with Crippen LogP contribution in [-0.4, -0.2) is 46.7 Å². The van der Waals surface area contributed by atoms with Crippen LogP contribution in [0.25, 0.3) is 0 Å². The van der Waals surface area contributed by atoms with Crippen LogP contribution in [0.5, 0.6) is 0 Å². The van der Waals surface area contributed by atoms with Crippen LogP contribution in [0.1, 0.15) is 46.5 Å². The van der Waals surface area contributed by atoms with E-state index in [0.29, 0.717) is 0 Å². The molecule has 4 atom stereocenters. The quantitative estimate of drug-likeness (QED) is 0.153. The van der Waals surface area contributed by atoms with E-state index >= 15 is 0 Å². The molecule has 0 radical (unpaired) electrons. The molecule has 2 aromatic carbocycles. The third-order valence-electron chi connectivity index (χ3n) is 7.27. The number of hydrogen-bond acceptors (Lipinski definition) is 6. The number of Topliss-reactive ketones (excluding diaryl/α,β-unsaturated/α-hetero) is 1. The number of carbonyl (C=O) groups is 4.